The third-order valence-corrected chi connectivity index (χ3v) is 8.98. The van der Waals surface area contributed by atoms with Gasteiger partial charge in [-0.05, 0) is 73.2 Å². The third kappa shape index (κ3) is 7.83. The van der Waals surface area contributed by atoms with E-state index in [4.69, 9.17) is 9.72 Å². The number of amides is 1. The Morgan fingerprint density at radius 1 is 0.956 bits per heavy atom. The zero-order chi connectivity index (χ0) is 31.8. The zero-order valence-corrected chi connectivity index (χ0v) is 26.0. The highest BCUT2D eigenvalue weighted by molar-refractivity contribution is 7.99. The summed E-state index contributed by atoms with van der Waals surface area (Å²) in [4.78, 5) is 25.3. The summed E-state index contributed by atoms with van der Waals surface area (Å²) in [6.45, 7) is 2.01. The summed E-state index contributed by atoms with van der Waals surface area (Å²) in [6.07, 6.45) is 3.00. The average Bonchev–Trinajstić information content (AvgIpc) is 3.05. The molecular formula is C33H28N6O4S2. The fourth-order valence-electron chi connectivity index (χ4n) is 4.32. The van der Waals surface area contributed by atoms with Crippen molar-refractivity contribution in [3.05, 3.63) is 108 Å². The number of thioether (sulfide) groups is 1. The summed E-state index contributed by atoms with van der Waals surface area (Å²) >= 11 is 1.33. The van der Waals surface area contributed by atoms with Gasteiger partial charge in [-0.1, -0.05) is 29.8 Å². The molecule has 10 nitrogen and oxygen atoms in total. The lowest BCUT2D eigenvalue weighted by Crippen LogP contribution is -2.15. The van der Waals surface area contributed by atoms with E-state index in [9.17, 15) is 18.5 Å². The van der Waals surface area contributed by atoms with E-state index in [2.05, 4.69) is 26.1 Å². The molecule has 1 amide bonds. The molecule has 3 aromatic carbocycles. The number of hydrogen-bond acceptors (Lipinski definition) is 9. The highest BCUT2D eigenvalue weighted by atomic mass is 32.2. The maximum absolute atomic E-state index is 12.8. The summed E-state index contributed by atoms with van der Waals surface area (Å²) in [7, 11) is -2.29. The number of aromatic nitrogens is 3. The second-order valence-electron chi connectivity index (χ2n) is 9.79. The van der Waals surface area contributed by atoms with Gasteiger partial charge in [0.2, 0.25) is 11.9 Å². The fraction of sp³-hybridized carbons (Fsp3) is 0.121. The van der Waals surface area contributed by atoms with Crippen molar-refractivity contribution in [2.24, 2.45) is 0 Å². The highest BCUT2D eigenvalue weighted by Crippen LogP contribution is 2.35. The van der Waals surface area contributed by atoms with Crippen LogP contribution in [0.3, 0.4) is 0 Å². The molecule has 0 radical (unpaired) electrons. The first-order valence-corrected chi connectivity index (χ1v) is 16.2. The first-order chi connectivity index (χ1) is 21.8. The average molecular weight is 637 g/mol. The minimum atomic E-state index is -3.89. The number of rotatable bonds is 11. The number of pyridine rings is 1. The van der Waals surface area contributed by atoms with Gasteiger partial charge in [0.25, 0.3) is 10.0 Å². The number of methoxy groups -OCH3 is 1. The number of nitrogens with zero attached hydrogens (tertiary/aromatic N) is 4. The van der Waals surface area contributed by atoms with E-state index in [1.54, 1.807) is 13.2 Å². The minimum absolute atomic E-state index is 0.000243. The second-order valence-corrected chi connectivity index (χ2v) is 12.6. The number of benzene rings is 3. The standard InChI is InChI=1S/C33H28N6O4S2/c1-22-4-6-23(7-5-22)28-20-30(24-8-12-26(43-2)13-9-24)38-32(29(28)21-34)44-19-16-31(40)37-25-10-14-27(15-11-25)45(41,42)39-33-35-17-3-18-36-33/h3-15,17-18,20H,16,19H2,1-2H3,(H,37,40)(H,35,36,39). The molecular weight excluding hydrogens is 609 g/mol. The zero-order valence-electron chi connectivity index (χ0n) is 24.4. The third-order valence-electron chi connectivity index (χ3n) is 6.65. The molecule has 5 aromatic rings. The molecule has 2 N–H and O–H groups in total. The number of anilines is 2. The fourth-order valence-corrected chi connectivity index (χ4v) is 6.22. The van der Waals surface area contributed by atoms with Crippen molar-refractivity contribution in [3.63, 3.8) is 0 Å². The number of sulfonamides is 1. The molecule has 12 heteroatoms. The summed E-state index contributed by atoms with van der Waals surface area (Å²) in [6, 6.07) is 27.1. The van der Waals surface area contributed by atoms with Crippen LogP contribution in [0.1, 0.15) is 17.5 Å². The quantitative estimate of drug-likeness (QED) is 0.159. The number of hydrogen-bond donors (Lipinski definition) is 2. The molecule has 45 heavy (non-hydrogen) atoms. The van der Waals surface area contributed by atoms with Gasteiger partial charge in [-0.3, -0.25) is 4.79 Å². The molecule has 0 spiro atoms. The van der Waals surface area contributed by atoms with Gasteiger partial charge in [0.15, 0.2) is 0 Å². The number of nitriles is 1. The predicted molar refractivity (Wildman–Crippen MR) is 174 cm³/mol. The number of nitrogens with one attached hydrogen (secondary N) is 2. The van der Waals surface area contributed by atoms with Crippen LogP contribution in [0.2, 0.25) is 0 Å². The Morgan fingerprint density at radius 2 is 1.62 bits per heavy atom. The topological polar surface area (TPSA) is 147 Å². The van der Waals surface area contributed by atoms with Gasteiger partial charge in [0.05, 0.1) is 23.3 Å². The molecule has 0 bridgehead atoms. The Kier molecular flexibility index (Phi) is 9.72. The summed E-state index contributed by atoms with van der Waals surface area (Å²) in [5.41, 5.74) is 5.20. The van der Waals surface area contributed by atoms with Crippen molar-refractivity contribution in [1.29, 1.82) is 5.26 Å². The van der Waals surface area contributed by atoms with Crippen LogP contribution in [0, 0.1) is 18.3 Å². The minimum Gasteiger partial charge on any atom is -0.497 e. The molecule has 0 unspecified atom stereocenters. The van der Waals surface area contributed by atoms with E-state index in [1.165, 1.54) is 48.4 Å². The van der Waals surface area contributed by atoms with Crippen LogP contribution in [0.25, 0.3) is 22.4 Å². The highest BCUT2D eigenvalue weighted by Gasteiger charge is 2.18. The second kappa shape index (κ2) is 14.0. The van der Waals surface area contributed by atoms with Crippen molar-refractivity contribution in [1.82, 2.24) is 15.0 Å². The van der Waals surface area contributed by atoms with E-state index in [1.807, 2.05) is 61.5 Å². The Hall–Kier alpha value is -5.25. The first kappa shape index (κ1) is 31.2. The largest absolute Gasteiger partial charge is 0.497 e. The van der Waals surface area contributed by atoms with E-state index in [0.717, 1.165) is 28.0 Å². The molecule has 2 heterocycles. The van der Waals surface area contributed by atoms with Crippen LogP contribution in [-0.4, -0.2) is 42.1 Å². The van der Waals surface area contributed by atoms with Gasteiger partial charge < -0.3 is 10.1 Å². The molecule has 5 rings (SSSR count). The molecule has 0 aliphatic rings. The Balaban J connectivity index is 1.29. The van der Waals surface area contributed by atoms with Gasteiger partial charge in [0, 0.05) is 41.4 Å². The lowest BCUT2D eigenvalue weighted by molar-refractivity contribution is -0.115. The van der Waals surface area contributed by atoms with Crippen LogP contribution >= 0.6 is 11.8 Å². The van der Waals surface area contributed by atoms with Gasteiger partial charge in [-0.2, -0.15) is 5.26 Å². The maximum atomic E-state index is 12.8. The molecule has 226 valence electrons. The van der Waals surface area contributed by atoms with Crippen molar-refractivity contribution in [2.75, 3.05) is 22.9 Å². The van der Waals surface area contributed by atoms with Crippen LogP contribution in [0.15, 0.2) is 107 Å². The monoisotopic (exact) mass is 636 g/mol. The molecule has 0 saturated heterocycles. The van der Waals surface area contributed by atoms with Crippen molar-refractivity contribution in [3.8, 4) is 34.2 Å². The molecule has 0 atom stereocenters. The van der Waals surface area contributed by atoms with E-state index in [0.29, 0.717) is 27.7 Å². The van der Waals surface area contributed by atoms with Crippen LogP contribution in [0.4, 0.5) is 11.6 Å². The van der Waals surface area contributed by atoms with E-state index < -0.39 is 10.0 Å². The number of carbonyl (C=O) groups is 1. The molecule has 0 saturated carbocycles. The van der Waals surface area contributed by atoms with E-state index in [-0.39, 0.29) is 23.2 Å². The van der Waals surface area contributed by atoms with Crippen molar-refractivity contribution in [2.45, 2.75) is 23.3 Å². The lowest BCUT2D eigenvalue weighted by Gasteiger charge is -2.13. The first-order valence-electron chi connectivity index (χ1n) is 13.7. The molecule has 0 aliphatic carbocycles. The van der Waals surface area contributed by atoms with E-state index >= 15 is 0 Å². The summed E-state index contributed by atoms with van der Waals surface area (Å²) in [5.74, 6) is 0.779. The van der Waals surface area contributed by atoms with Crippen LogP contribution in [-0.2, 0) is 14.8 Å². The maximum Gasteiger partial charge on any atom is 0.264 e. The Morgan fingerprint density at radius 3 is 2.27 bits per heavy atom. The van der Waals surface area contributed by atoms with Crippen molar-refractivity contribution >= 4 is 39.3 Å². The number of carbonyl (C=O) groups excluding carboxylic acids is 1. The molecule has 0 fully saturated rings. The van der Waals surface area contributed by atoms with Crippen LogP contribution in [0.5, 0.6) is 5.75 Å². The van der Waals surface area contributed by atoms with Gasteiger partial charge in [-0.25, -0.2) is 28.1 Å². The molecule has 2 aromatic heterocycles. The Bertz CT molecular complexity index is 1950. The number of aryl methyl sites for hydroxylation is 1. The van der Waals surface area contributed by atoms with Crippen LogP contribution < -0.4 is 14.8 Å². The van der Waals surface area contributed by atoms with Gasteiger partial charge in [0.1, 0.15) is 16.8 Å². The summed E-state index contributed by atoms with van der Waals surface area (Å²) < 4.78 is 32.8. The molecule has 0 aliphatic heterocycles. The summed E-state index contributed by atoms with van der Waals surface area (Å²) in [5, 5.41) is 13.5. The number of ether oxygens (including phenoxy) is 1. The van der Waals surface area contributed by atoms with Gasteiger partial charge >= 0.3 is 0 Å². The van der Waals surface area contributed by atoms with Crippen molar-refractivity contribution < 1.29 is 17.9 Å². The lowest BCUT2D eigenvalue weighted by atomic mass is 9.98. The smallest absolute Gasteiger partial charge is 0.264 e. The van der Waals surface area contributed by atoms with Gasteiger partial charge in [-0.15, -0.1) is 11.8 Å². The normalized spacial score (nSPS) is 11.0. The predicted octanol–water partition coefficient (Wildman–Crippen LogP) is 6.32. The Labute approximate surface area is 265 Å². The SMILES string of the molecule is COc1ccc(-c2cc(-c3ccc(C)cc3)c(C#N)c(SCCC(=O)Nc3ccc(S(=O)(=O)Nc4ncccn4)cc3)n2)cc1.